The highest BCUT2D eigenvalue weighted by atomic mass is 32.1. The molecule has 0 aliphatic rings. The number of unbranched alkanes of at least 4 members (excludes halogenated alkanes) is 2. The summed E-state index contributed by atoms with van der Waals surface area (Å²) in [6.45, 7) is 3.82. The Bertz CT molecular complexity index is 480. The highest BCUT2D eigenvalue weighted by Crippen LogP contribution is 2.27. The molecule has 3 N–H and O–H groups in total. The van der Waals surface area contributed by atoms with Crippen LogP contribution in [-0.2, 0) is 0 Å². The van der Waals surface area contributed by atoms with E-state index in [0.717, 1.165) is 42.0 Å². The summed E-state index contributed by atoms with van der Waals surface area (Å²) in [4.78, 5) is 10.9. The Morgan fingerprint density at radius 1 is 1.29 bits per heavy atom. The van der Waals surface area contributed by atoms with E-state index in [4.69, 9.17) is 5.73 Å². The molecule has 17 heavy (non-hydrogen) atoms. The van der Waals surface area contributed by atoms with E-state index in [1.54, 1.807) is 17.7 Å². The average Bonchev–Trinajstić information content (AvgIpc) is 2.70. The van der Waals surface area contributed by atoms with E-state index in [1.807, 2.05) is 0 Å². The number of nitrogens with zero attached hydrogens (tertiary/aromatic N) is 2. The normalized spacial score (nSPS) is 10.9. The molecule has 0 radical (unpaired) electrons. The van der Waals surface area contributed by atoms with E-state index in [-0.39, 0.29) is 0 Å². The van der Waals surface area contributed by atoms with Crippen LogP contribution < -0.4 is 11.1 Å². The molecule has 0 bridgehead atoms. The fraction of sp³-hybridized carbons (Fsp3) is 0.500. The molecule has 2 aromatic heterocycles. The molecule has 0 unspecified atom stereocenters. The minimum absolute atomic E-state index is 0.779. The topological polar surface area (TPSA) is 63.8 Å². The van der Waals surface area contributed by atoms with Crippen LogP contribution in [0.4, 0.5) is 5.82 Å². The van der Waals surface area contributed by atoms with Crippen LogP contribution in [0.3, 0.4) is 0 Å². The van der Waals surface area contributed by atoms with Crippen LogP contribution in [0.2, 0.25) is 0 Å². The van der Waals surface area contributed by atoms with Gasteiger partial charge in [0.2, 0.25) is 0 Å². The number of hydrogen-bond donors (Lipinski definition) is 2. The van der Waals surface area contributed by atoms with E-state index < -0.39 is 0 Å². The molecule has 0 spiro atoms. The summed E-state index contributed by atoms with van der Waals surface area (Å²) in [7, 11) is 0. The molecule has 92 valence electrons. The smallest absolute Gasteiger partial charge is 0.138 e. The van der Waals surface area contributed by atoms with Crippen LogP contribution in [0.5, 0.6) is 0 Å². The van der Waals surface area contributed by atoms with Crippen molar-refractivity contribution in [1.82, 2.24) is 9.97 Å². The second kappa shape index (κ2) is 5.93. The van der Waals surface area contributed by atoms with Gasteiger partial charge in [-0.3, -0.25) is 0 Å². The lowest BCUT2D eigenvalue weighted by Crippen LogP contribution is -2.05. The van der Waals surface area contributed by atoms with Gasteiger partial charge in [0.1, 0.15) is 17.0 Å². The number of hydrogen-bond acceptors (Lipinski definition) is 5. The van der Waals surface area contributed by atoms with Gasteiger partial charge < -0.3 is 11.1 Å². The predicted molar refractivity (Wildman–Crippen MR) is 73.5 cm³/mol. The molecule has 0 aromatic carbocycles. The van der Waals surface area contributed by atoms with Crippen LogP contribution in [-0.4, -0.2) is 23.1 Å². The van der Waals surface area contributed by atoms with Gasteiger partial charge in [0.25, 0.3) is 0 Å². The maximum absolute atomic E-state index is 5.46. The Balaban J connectivity index is 1.98. The van der Waals surface area contributed by atoms with Gasteiger partial charge in [0.15, 0.2) is 0 Å². The van der Waals surface area contributed by atoms with E-state index in [2.05, 4.69) is 28.3 Å². The summed E-state index contributed by atoms with van der Waals surface area (Å²) in [5.74, 6) is 0.951. The van der Waals surface area contributed by atoms with E-state index in [9.17, 15) is 0 Å². The summed E-state index contributed by atoms with van der Waals surface area (Å²) in [6.07, 6.45) is 5.02. The van der Waals surface area contributed by atoms with Crippen molar-refractivity contribution in [3.05, 3.63) is 17.3 Å². The van der Waals surface area contributed by atoms with Gasteiger partial charge >= 0.3 is 0 Å². The van der Waals surface area contributed by atoms with Gasteiger partial charge in [-0.25, -0.2) is 9.97 Å². The number of nitrogens with two attached hydrogens (primary N) is 1. The van der Waals surface area contributed by atoms with Gasteiger partial charge in [0, 0.05) is 11.4 Å². The maximum atomic E-state index is 5.46. The van der Waals surface area contributed by atoms with Crippen molar-refractivity contribution in [2.24, 2.45) is 5.73 Å². The fourth-order valence-corrected chi connectivity index (χ4v) is 2.62. The van der Waals surface area contributed by atoms with Crippen LogP contribution in [0.1, 0.15) is 24.1 Å². The molecule has 0 atom stereocenters. The fourth-order valence-electron chi connectivity index (χ4n) is 1.77. The van der Waals surface area contributed by atoms with Crippen LogP contribution >= 0.6 is 11.3 Å². The summed E-state index contributed by atoms with van der Waals surface area (Å²) < 4.78 is 0. The Labute approximate surface area is 105 Å². The minimum Gasteiger partial charge on any atom is -0.369 e. The number of nitrogens with one attached hydrogen (secondary N) is 1. The minimum atomic E-state index is 0.779. The van der Waals surface area contributed by atoms with Crippen LogP contribution in [0.15, 0.2) is 12.4 Å². The molecule has 5 heteroatoms. The average molecular weight is 250 g/mol. The second-order valence-corrected chi connectivity index (χ2v) is 5.31. The lowest BCUT2D eigenvalue weighted by atomic mass is 10.2. The number of aromatic nitrogens is 2. The number of aryl methyl sites for hydroxylation is 1. The number of fused-ring (bicyclic) bond motifs is 1. The zero-order valence-corrected chi connectivity index (χ0v) is 10.9. The Hall–Kier alpha value is -1.20. The lowest BCUT2D eigenvalue weighted by molar-refractivity contribution is 0.706. The third-order valence-corrected chi connectivity index (χ3v) is 3.58. The standard InChI is InChI=1S/C12H18N4S/c1-9-7-10-11(14-6-4-2-3-5-13)15-8-16-12(10)17-9/h7-8H,2-6,13H2,1H3,(H,14,15,16). The molecule has 0 aliphatic carbocycles. The zero-order valence-electron chi connectivity index (χ0n) is 10.1. The van der Waals surface area contributed by atoms with Crippen molar-refractivity contribution in [3.63, 3.8) is 0 Å². The Morgan fingerprint density at radius 2 is 2.18 bits per heavy atom. The Morgan fingerprint density at radius 3 is 3.00 bits per heavy atom. The summed E-state index contributed by atoms with van der Waals surface area (Å²) in [6, 6.07) is 2.14. The van der Waals surface area contributed by atoms with E-state index in [0.29, 0.717) is 0 Å². The highest BCUT2D eigenvalue weighted by Gasteiger charge is 2.05. The van der Waals surface area contributed by atoms with E-state index >= 15 is 0 Å². The molecule has 0 saturated heterocycles. The zero-order chi connectivity index (χ0) is 12.1. The molecule has 0 saturated carbocycles. The molecule has 0 amide bonds. The molecule has 4 nitrogen and oxygen atoms in total. The van der Waals surface area contributed by atoms with Gasteiger partial charge in [-0.15, -0.1) is 11.3 Å². The molecule has 0 fully saturated rings. The summed E-state index contributed by atoms with van der Waals surface area (Å²) in [5.41, 5.74) is 5.46. The van der Waals surface area contributed by atoms with Crippen molar-refractivity contribution < 1.29 is 0 Å². The number of rotatable bonds is 6. The SMILES string of the molecule is Cc1cc2c(NCCCCCN)ncnc2s1. The highest BCUT2D eigenvalue weighted by molar-refractivity contribution is 7.18. The second-order valence-electron chi connectivity index (χ2n) is 4.07. The van der Waals surface area contributed by atoms with Crippen molar-refractivity contribution in [2.45, 2.75) is 26.2 Å². The van der Waals surface area contributed by atoms with Crippen LogP contribution in [0.25, 0.3) is 10.2 Å². The third kappa shape index (κ3) is 3.14. The first kappa shape index (κ1) is 12.3. The van der Waals surface area contributed by atoms with Crippen LogP contribution in [0, 0.1) is 6.92 Å². The molecule has 0 aliphatic heterocycles. The molecular weight excluding hydrogens is 232 g/mol. The molecule has 2 rings (SSSR count). The number of anilines is 1. The van der Waals surface area contributed by atoms with Crippen molar-refractivity contribution in [2.75, 3.05) is 18.4 Å². The van der Waals surface area contributed by atoms with Gasteiger partial charge in [-0.1, -0.05) is 6.42 Å². The monoisotopic (exact) mass is 250 g/mol. The first-order valence-corrected chi connectivity index (χ1v) is 6.78. The van der Waals surface area contributed by atoms with Crippen molar-refractivity contribution in [1.29, 1.82) is 0 Å². The summed E-state index contributed by atoms with van der Waals surface area (Å²) >= 11 is 1.71. The molecular formula is C12H18N4S. The Kier molecular flexibility index (Phi) is 4.28. The van der Waals surface area contributed by atoms with E-state index in [1.165, 1.54) is 11.3 Å². The van der Waals surface area contributed by atoms with Gasteiger partial charge in [-0.2, -0.15) is 0 Å². The lowest BCUT2D eigenvalue weighted by Gasteiger charge is -2.05. The first-order valence-electron chi connectivity index (χ1n) is 5.96. The molecule has 2 heterocycles. The molecule has 2 aromatic rings. The largest absolute Gasteiger partial charge is 0.369 e. The first-order chi connectivity index (χ1) is 8.31. The summed E-state index contributed by atoms with van der Waals surface area (Å²) in [5, 5.41) is 4.51. The van der Waals surface area contributed by atoms with Gasteiger partial charge in [-0.05, 0) is 32.4 Å². The third-order valence-electron chi connectivity index (χ3n) is 2.63. The van der Waals surface area contributed by atoms with Gasteiger partial charge in [0.05, 0.1) is 5.39 Å². The quantitative estimate of drug-likeness (QED) is 0.773. The maximum Gasteiger partial charge on any atom is 0.138 e. The van der Waals surface area contributed by atoms with Crippen molar-refractivity contribution in [3.8, 4) is 0 Å². The van der Waals surface area contributed by atoms with Crippen molar-refractivity contribution >= 4 is 27.4 Å². The number of thiophene rings is 1. The predicted octanol–water partition coefficient (Wildman–Crippen LogP) is 2.54.